The number of hydrogen-bond acceptors (Lipinski definition) is 3. The second-order valence-electron chi connectivity index (χ2n) is 2.23. The Morgan fingerprint density at radius 3 is 2.83 bits per heavy atom. The van der Waals surface area contributed by atoms with Gasteiger partial charge in [-0.25, -0.2) is 0 Å². The Bertz CT molecular complexity index is 315. The third-order valence-corrected chi connectivity index (χ3v) is 1.39. The molecule has 62 valence electrons. The fourth-order valence-corrected chi connectivity index (χ4v) is 0.864. The number of aromatic hydroxyl groups is 1. The van der Waals surface area contributed by atoms with Crippen LogP contribution in [0.25, 0.3) is 0 Å². The Labute approximate surface area is 70.8 Å². The van der Waals surface area contributed by atoms with Crippen molar-refractivity contribution >= 4 is 0 Å². The number of phenols is 1. The zero-order valence-electron chi connectivity index (χ0n) is 6.74. The van der Waals surface area contributed by atoms with Crippen molar-refractivity contribution in [3.05, 3.63) is 23.8 Å². The van der Waals surface area contributed by atoms with E-state index in [1.54, 1.807) is 12.1 Å². The van der Waals surface area contributed by atoms with Crippen molar-refractivity contribution in [2.75, 3.05) is 6.61 Å². The van der Waals surface area contributed by atoms with Gasteiger partial charge in [-0.15, -0.1) is 0 Å². The molecule has 0 saturated carbocycles. The van der Waals surface area contributed by atoms with Gasteiger partial charge in [0.05, 0.1) is 18.2 Å². The van der Waals surface area contributed by atoms with Crippen molar-refractivity contribution in [2.24, 2.45) is 0 Å². The minimum atomic E-state index is 0.0101. The lowest BCUT2D eigenvalue weighted by Gasteiger charge is -2.04. The minimum absolute atomic E-state index is 0.0101. The zero-order valence-corrected chi connectivity index (χ0v) is 6.74. The molecule has 0 amide bonds. The summed E-state index contributed by atoms with van der Waals surface area (Å²) in [7, 11) is 0. The van der Waals surface area contributed by atoms with Crippen LogP contribution in [0.5, 0.6) is 11.5 Å². The fourth-order valence-electron chi connectivity index (χ4n) is 0.864. The van der Waals surface area contributed by atoms with Crippen LogP contribution in [0.2, 0.25) is 0 Å². The third-order valence-electron chi connectivity index (χ3n) is 1.39. The lowest BCUT2D eigenvalue weighted by molar-refractivity contribution is 0.318. The molecule has 0 spiro atoms. The van der Waals surface area contributed by atoms with Crippen LogP contribution in [-0.2, 0) is 0 Å². The molecule has 12 heavy (non-hydrogen) atoms. The molecule has 1 rings (SSSR count). The first-order chi connectivity index (χ1) is 5.77. The van der Waals surface area contributed by atoms with Gasteiger partial charge in [-0.1, -0.05) is 0 Å². The molecule has 0 atom stereocenters. The number of benzene rings is 1. The van der Waals surface area contributed by atoms with E-state index >= 15 is 0 Å². The first-order valence-corrected chi connectivity index (χ1v) is 3.64. The highest BCUT2D eigenvalue weighted by Gasteiger charge is 2.01. The van der Waals surface area contributed by atoms with E-state index in [4.69, 9.17) is 10.00 Å². The van der Waals surface area contributed by atoms with Gasteiger partial charge >= 0.3 is 0 Å². The molecule has 0 unspecified atom stereocenters. The number of nitrogens with zero attached hydrogens (tertiary/aromatic N) is 1. The Balaban J connectivity index is 2.97. The number of rotatable bonds is 2. The maximum absolute atomic E-state index is 9.28. The predicted octanol–water partition coefficient (Wildman–Crippen LogP) is 1.66. The highest BCUT2D eigenvalue weighted by Crippen LogP contribution is 2.26. The number of ether oxygens (including phenoxy) is 1. The molecule has 0 heterocycles. The van der Waals surface area contributed by atoms with Crippen molar-refractivity contribution in [2.45, 2.75) is 6.92 Å². The highest BCUT2D eigenvalue weighted by molar-refractivity contribution is 5.45. The molecule has 0 aliphatic carbocycles. The van der Waals surface area contributed by atoms with Gasteiger partial charge in [0.1, 0.15) is 0 Å². The molecular formula is C9H9NO2. The maximum Gasteiger partial charge on any atom is 0.160 e. The lowest BCUT2D eigenvalue weighted by Crippen LogP contribution is -1.91. The van der Waals surface area contributed by atoms with Crippen LogP contribution in [0.15, 0.2) is 18.2 Å². The van der Waals surface area contributed by atoms with E-state index in [0.717, 1.165) is 0 Å². The molecule has 0 aromatic heterocycles. The van der Waals surface area contributed by atoms with Gasteiger partial charge in [-0.3, -0.25) is 0 Å². The average molecular weight is 163 g/mol. The predicted molar refractivity (Wildman–Crippen MR) is 44.0 cm³/mol. The largest absolute Gasteiger partial charge is 0.504 e. The standard InChI is InChI=1S/C9H9NO2/c1-2-12-9-4-3-7(6-10)5-8(9)11/h3-5,11H,2H2,1H3. The monoisotopic (exact) mass is 163 g/mol. The molecule has 0 radical (unpaired) electrons. The number of hydrogen-bond donors (Lipinski definition) is 1. The lowest BCUT2D eigenvalue weighted by atomic mass is 10.2. The number of nitriles is 1. The SMILES string of the molecule is CCOc1ccc(C#N)cc1O. The summed E-state index contributed by atoms with van der Waals surface area (Å²) in [6.45, 7) is 2.33. The zero-order chi connectivity index (χ0) is 8.97. The summed E-state index contributed by atoms with van der Waals surface area (Å²) in [4.78, 5) is 0. The van der Waals surface area contributed by atoms with Crippen LogP contribution >= 0.6 is 0 Å². The van der Waals surface area contributed by atoms with Gasteiger partial charge in [-0.2, -0.15) is 5.26 Å². The molecule has 3 heteroatoms. The first-order valence-electron chi connectivity index (χ1n) is 3.64. The highest BCUT2D eigenvalue weighted by atomic mass is 16.5. The first kappa shape index (κ1) is 8.41. The van der Waals surface area contributed by atoms with Crippen molar-refractivity contribution in [1.29, 1.82) is 5.26 Å². The molecular weight excluding hydrogens is 154 g/mol. The van der Waals surface area contributed by atoms with Crippen LogP contribution in [0, 0.1) is 11.3 Å². The molecule has 0 fully saturated rings. The van der Waals surface area contributed by atoms with E-state index in [2.05, 4.69) is 0 Å². The number of phenolic OH excluding ortho intramolecular Hbond substituents is 1. The normalized spacial score (nSPS) is 9.00. The summed E-state index contributed by atoms with van der Waals surface area (Å²) in [5, 5.41) is 17.8. The summed E-state index contributed by atoms with van der Waals surface area (Å²) < 4.78 is 5.08. The van der Waals surface area contributed by atoms with Gasteiger partial charge in [-0.05, 0) is 19.1 Å². The third kappa shape index (κ3) is 1.67. The van der Waals surface area contributed by atoms with E-state index in [1.165, 1.54) is 6.07 Å². The van der Waals surface area contributed by atoms with E-state index in [9.17, 15) is 5.11 Å². The van der Waals surface area contributed by atoms with Gasteiger partial charge in [0.15, 0.2) is 11.5 Å². The quantitative estimate of drug-likeness (QED) is 0.721. The minimum Gasteiger partial charge on any atom is -0.504 e. The molecule has 1 N–H and O–H groups in total. The van der Waals surface area contributed by atoms with Crippen molar-refractivity contribution < 1.29 is 9.84 Å². The molecule has 3 nitrogen and oxygen atoms in total. The van der Waals surface area contributed by atoms with E-state index < -0.39 is 0 Å². The molecule has 1 aromatic rings. The molecule has 1 aromatic carbocycles. The van der Waals surface area contributed by atoms with E-state index in [-0.39, 0.29) is 5.75 Å². The van der Waals surface area contributed by atoms with Crippen molar-refractivity contribution in [3.63, 3.8) is 0 Å². The summed E-state index contributed by atoms with van der Waals surface area (Å²) >= 11 is 0. The second-order valence-corrected chi connectivity index (χ2v) is 2.23. The summed E-state index contributed by atoms with van der Waals surface area (Å²) in [6.07, 6.45) is 0. The van der Waals surface area contributed by atoms with Crippen molar-refractivity contribution in [3.8, 4) is 17.6 Å². The Kier molecular flexibility index (Phi) is 2.54. The van der Waals surface area contributed by atoms with Gasteiger partial charge in [0, 0.05) is 6.07 Å². The second kappa shape index (κ2) is 3.63. The van der Waals surface area contributed by atoms with Crippen LogP contribution in [0.3, 0.4) is 0 Å². The molecule has 0 saturated heterocycles. The summed E-state index contributed by atoms with van der Waals surface area (Å²) in [5.74, 6) is 0.424. The van der Waals surface area contributed by atoms with Gasteiger partial charge < -0.3 is 9.84 Å². The molecule has 0 bridgehead atoms. The van der Waals surface area contributed by atoms with E-state index in [0.29, 0.717) is 17.9 Å². The Morgan fingerprint density at radius 1 is 1.58 bits per heavy atom. The smallest absolute Gasteiger partial charge is 0.160 e. The van der Waals surface area contributed by atoms with Crippen LogP contribution in [0.4, 0.5) is 0 Å². The van der Waals surface area contributed by atoms with Crippen LogP contribution in [-0.4, -0.2) is 11.7 Å². The van der Waals surface area contributed by atoms with Gasteiger partial charge in [0.25, 0.3) is 0 Å². The maximum atomic E-state index is 9.28. The topological polar surface area (TPSA) is 53.2 Å². The van der Waals surface area contributed by atoms with Crippen LogP contribution < -0.4 is 4.74 Å². The van der Waals surface area contributed by atoms with Gasteiger partial charge in [0.2, 0.25) is 0 Å². The summed E-state index contributed by atoms with van der Waals surface area (Å²) in [5.41, 5.74) is 0.427. The average Bonchev–Trinajstić information content (AvgIpc) is 2.09. The molecule has 0 aliphatic heterocycles. The van der Waals surface area contributed by atoms with Crippen LogP contribution in [0.1, 0.15) is 12.5 Å². The summed E-state index contributed by atoms with van der Waals surface area (Å²) in [6, 6.07) is 6.48. The van der Waals surface area contributed by atoms with E-state index in [1.807, 2.05) is 13.0 Å². The fraction of sp³-hybridized carbons (Fsp3) is 0.222. The Morgan fingerprint density at radius 2 is 2.33 bits per heavy atom. The van der Waals surface area contributed by atoms with Crippen molar-refractivity contribution in [1.82, 2.24) is 0 Å². The Hall–Kier alpha value is -1.69. The molecule has 0 aliphatic rings.